The van der Waals surface area contributed by atoms with Gasteiger partial charge in [-0.1, -0.05) is 102 Å². The number of hydrogen-bond acceptors (Lipinski definition) is 15. The largest absolute Gasteiger partial charge is 0.494 e. The minimum atomic E-state index is -0.689. The molecule has 2 aliphatic rings. The Morgan fingerprint density at radius 3 is 1.42 bits per heavy atom. The van der Waals surface area contributed by atoms with Gasteiger partial charge in [0, 0.05) is 125 Å². The van der Waals surface area contributed by atoms with Gasteiger partial charge in [-0.05, 0) is 135 Å². The third-order valence-electron chi connectivity index (χ3n) is 17.5. The van der Waals surface area contributed by atoms with Gasteiger partial charge in [0.2, 0.25) is 18.6 Å². The van der Waals surface area contributed by atoms with E-state index in [1.165, 1.54) is 89.3 Å². The number of pyridine rings is 2. The first kappa shape index (κ1) is 64.3. The second kappa shape index (κ2) is 34.9. The molecule has 4 aromatic carbocycles. The van der Waals surface area contributed by atoms with E-state index in [0.717, 1.165) is 163 Å². The molecule has 0 radical (unpaired) electrons. The number of aliphatic carboxylic acids is 1. The highest BCUT2D eigenvalue weighted by Gasteiger charge is 2.23. The van der Waals surface area contributed by atoms with Crippen molar-refractivity contribution in [1.82, 2.24) is 19.8 Å². The molecular weight excluding hydrogens is 1140 g/mol. The molecule has 16 heteroatoms. The molecular formula is C72H92N6O8S2. The number of carboxylic acid groups (broad SMARTS) is 1. The molecule has 2 aliphatic heterocycles. The lowest BCUT2D eigenvalue weighted by atomic mass is 10.00. The highest BCUT2D eigenvalue weighted by atomic mass is 32.1. The summed E-state index contributed by atoms with van der Waals surface area (Å²) in [6, 6.07) is 37.4. The van der Waals surface area contributed by atoms with E-state index >= 15 is 0 Å². The number of ether oxygens (including phenoxy) is 5. The fourth-order valence-electron chi connectivity index (χ4n) is 12.4. The predicted molar refractivity (Wildman–Crippen MR) is 361 cm³/mol. The van der Waals surface area contributed by atoms with Crippen LogP contribution in [0.4, 0.5) is 11.4 Å². The van der Waals surface area contributed by atoms with E-state index in [4.69, 9.17) is 38.8 Å². The van der Waals surface area contributed by atoms with Gasteiger partial charge in [0.05, 0.1) is 30.2 Å². The number of piperazine rings is 2. The molecule has 0 bridgehead atoms. The number of unbranched alkanes of at least 4 members (excludes halogenated alkanes) is 16. The van der Waals surface area contributed by atoms with E-state index < -0.39 is 11.9 Å². The van der Waals surface area contributed by atoms with Crippen molar-refractivity contribution in [2.24, 2.45) is 5.92 Å². The standard InChI is InChI=1S/C72H92N6O8S2/c79-71(80)27-15-13-11-9-7-5-3-1-2-4-6-8-10-12-14-22-58(54-84-69-34-30-56-28-32-59(52-63(56)73-69)82-48-18-16-38-75-40-44-77(45-41-75)65-23-20-25-67-61(65)36-50-87-67)72(81)86-55-85-70-35-31-57-29-33-60(53-64(57)74-70)83-49-19-17-39-76-42-46-78(47-43-76)66-24-21-26-68-62(66)37-51-88-68/h20-21,23-26,28-37,50-53,58H,1-19,22,27,38-49,54-55H2,(H,79,80). The Morgan fingerprint density at radius 2 is 0.932 bits per heavy atom. The Morgan fingerprint density at radius 1 is 0.477 bits per heavy atom. The molecule has 2 fully saturated rings. The number of carbonyl (C=O) groups excluding carboxylic acids is 1. The molecule has 4 aromatic heterocycles. The van der Waals surface area contributed by atoms with Crippen molar-refractivity contribution in [2.75, 3.05) is 102 Å². The molecule has 1 unspecified atom stereocenters. The lowest BCUT2D eigenvalue weighted by molar-refractivity contribution is -0.156. The van der Waals surface area contributed by atoms with E-state index in [-0.39, 0.29) is 19.4 Å². The van der Waals surface area contributed by atoms with Crippen molar-refractivity contribution in [3.8, 4) is 23.3 Å². The average Bonchev–Trinajstić information content (AvgIpc) is 4.48. The molecule has 88 heavy (non-hydrogen) atoms. The summed E-state index contributed by atoms with van der Waals surface area (Å²) in [6.07, 6.45) is 22.3. The maximum absolute atomic E-state index is 13.9. The molecule has 8 aromatic rings. The van der Waals surface area contributed by atoms with E-state index in [9.17, 15) is 9.59 Å². The zero-order chi connectivity index (χ0) is 60.4. The highest BCUT2D eigenvalue weighted by molar-refractivity contribution is 7.17. The normalized spacial score (nSPS) is 14.5. The molecule has 2 saturated heterocycles. The van der Waals surface area contributed by atoms with Crippen molar-refractivity contribution in [2.45, 2.75) is 135 Å². The number of nitrogens with zero attached hydrogens (tertiary/aromatic N) is 6. The van der Waals surface area contributed by atoms with Gasteiger partial charge in [-0.25, -0.2) is 9.97 Å². The second-order valence-electron chi connectivity index (χ2n) is 24.0. The minimum Gasteiger partial charge on any atom is -0.494 e. The summed E-state index contributed by atoms with van der Waals surface area (Å²) in [6.45, 7) is 11.7. The summed E-state index contributed by atoms with van der Waals surface area (Å²) >= 11 is 3.62. The summed E-state index contributed by atoms with van der Waals surface area (Å²) in [5.74, 6) is 0.819. The van der Waals surface area contributed by atoms with Gasteiger partial charge in [0.1, 0.15) is 18.1 Å². The fraction of sp³-hybridized carbons (Fsp3) is 0.500. The van der Waals surface area contributed by atoms with Crippen LogP contribution in [0.1, 0.15) is 135 Å². The topological polar surface area (TPSA) is 139 Å². The van der Waals surface area contributed by atoms with Crippen LogP contribution < -0.4 is 28.7 Å². The van der Waals surface area contributed by atoms with Crippen LogP contribution in [0.25, 0.3) is 42.0 Å². The third kappa shape index (κ3) is 19.9. The van der Waals surface area contributed by atoms with E-state index in [2.05, 4.69) is 78.9 Å². The van der Waals surface area contributed by atoms with Gasteiger partial charge in [0.25, 0.3) is 0 Å². The molecule has 0 aliphatic carbocycles. The number of aromatic nitrogens is 2. The molecule has 6 heterocycles. The van der Waals surface area contributed by atoms with E-state index in [1.807, 2.05) is 77.3 Å². The van der Waals surface area contributed by atoms with Crippen molar-refractivity contribution in [1.29, 1.82) is 0 Å². The SMILES string of the molecule is O=C(O)CCCCCCCCCCCCCCCCCC(COc1ccc2ccc(OCCCCN3CCN(c4cccc5sccc45)CC3)cc2n1)C(=O)OCOc1ccc2ccc(OCCCCN3CCN(c4cccc5sccc45)CC3)cc2n1. The molecule has 0 spiro atoms. The Hall–Kier alpha value is -6.72. The van der Waals surface area contributed by atoms with Crippen molar-refractivity contribution >= 4 is 88.0 Å². The Kier molecular flexibility index (Phi) is 25.5. The number of benzene rings is 4. The quantitative estimate of drug-likeness (QED) is 0.0222. The zero-order valence-corrected chi connectivity index (χ0v) is 53.3. The summed E-state index contributed by atoms with van der Waals surface area (Å²) < 4.78 is 33.3. The van der Waals surface area contributed by atoms with Crippen LogP contribution in [0.15, 0.2) is 120 Å². The number of esters is 1. The van der Waals surface area contributed by atoms with Crippen LogP contribution in [0, 0.1) is 5.92 Å². The lowest BCUT2D eigenvalue weighted by Crippen LogP contribution is -2.46. The first-order valence-electron chi connectivity index (χ1n) is 33.0. The van der Waals surface area contributed by atoms with Gasteiger partial charge in [-0.2, -0.15) is 0 Å². The average molecular weight is 1230 g/mol. The molecule has 0 amide bonds. The van der Waals surface area contributed by atoms with Crippen LogP contribution in [0.5, 0.6) is 23.3 Å². The summed E-state index contributed by atoms with van der Waals surface area (Å²) in [7, 11) is 0. The molecule has 1 atom stereocenters. The smallest absolute Gasteiger partial charge is 0.315 e. The van der Waals surface area contributed by atoms with Crippen LogP contribution in [-0.4, -0.2) is 129 Å². The summed E-state index contributed by atoms with van der Waals surface area (Å²) in [5, 5.41) is 17.9. The molecule has 470 valence electrons. The van der Waals surface area contributed by atoms with Crippen molar-refractivity contribution in [3.63, 3.8) is 0 Å². The Labute approximate surface area is 529 Å². The highest BCUT2D eigenvalue weighted by Crippen LogP contribution is 2.33. The van der Waals surface area contributed by atoms with Crippen molar-refractivity contribution in [3.05, 3.63) is 120 Å². The van der Waals surface area contributed by atoms with E-state index in [1.54, 1.807) is 6.07 Å². The zero-order valence-electron chi connectivity index (χ0n) is 51.7. The fourth-order valence-corrected chi connectivity index (χ4v) is 14.0. The molecule has 1 N–H and O–H groups in total. The van der Waals surface area contributed by atoms with Crippen LogP contribution in [0.3, 0.4) is 0 Å². The van der Waals surface area contributed by atoms with Crippen molar-refractivity contribution < 1.29 is 38.4 Å². The first-order chi connectivity index (χ1) is 43.4. The number of thiophene rings is 2. The maximum Gasteiger partial charge on any atom is 0.315 e. The summed E-state index contributed by atoms with van der Waals surface area (Å²) in [4.78, 5) is 44.4. The summed E-state index contributed by atoms with van der Waals surface area (Å²) in [5.41, 5.74) is 4.25. The van der Waals surface area contributed by atoms with Crippen LogP contribution in [0.2, 0.25) is 0 Å². The van der Waals surface area contributed by atoms with E-state index in [0.29, 0.717) is 37.8 Å². The molecule has 0 saturated carbocycles. The Bertz CT molecular complexity index is 3390. The second-order valence-corrected chi connectivity index (χ2v) is 25.9. The number of carboxylic acids is 1. The lowest BCUT2D eigenvalue weighted by Gasteiger charge is -2.36. The van der Waals surface area contributed by atoms with Gasteiger partial charge < -0.3 is 38.6 Å². The maximum atomic E-state index is 13.9. The van der Waals surface area contributed by atoms with Gasteiger partial charge in [-0.3, -0.25) is 19.4 Å². The number of anilines is 2. The molecule has 10 rings (SSSR count). The van der Waals surface area contributed by atoms with Gasteiger partial charge in [-0.15, -0.1) is 22.7 Å². The number of rotatable bonds is 39. The monoisotopic (exact) mass is 1230 g/mol. The molecule has 14 nitrogen and oxygen atoms in total. The third-order valence-corrected chi connectivity index (χ3v) is 19.3. The number of fused-ring (bicyclic) bond motifs is 4. The van der Waals surface area contributed by atoms with Gasteiger partial charge in [0.15, 0.2) is 0 Å². The minimum absolute atomic E-state index is 0.139. The van der Waals surface area contributed by atoms with Crippen LogP contribution >= 0.6 is 22.7 Å². The Balaban J connectivity index is 0.643. The first-order valence-corrected chi connectivity index (χ1v) is 34.7. The number of hydrogen-bond donors (Lipinski definition) is 1. The number of carbonyl (C=O) groups is 2. The van der Waals surface area contributed by atoms with Crippen LogP contribution in [-0.2, 0) is 14.3 Å². The van der Waals surface area contributed by atoms with Gasteiger partial charge >= 0.3 is 11.9 Å². The predicted octanol–water partition coefficient (Wildman–Crippen LogP) is 16.5.